The summed E-state index contributed by atoms with van der Waals surface area (Å²) in [5.41, 5.74) is 1.20. The minimum Gasteiger partial charge on any atom is -0.354 e. The van der Waals surface area contributed by atoms with Crippen LogP contribution in [-0.4, -0.2) is 34.5 Å². The fraction of sp³-hybridized carbons (Fsp3) is 0.211. The Bertz CT molecular complexity index is 844. The highest BCUT2D eigenvalue weighted by atomic mass is 32.1. The molecule has 2 amide bonds. The fourth-order valence-electron chi connectivity index (χ4n) is 2.52. The van der Waals surface area contributed by atoms with Crippen molar-refractivity contribution in [3.63, 3.8) is 0 Å². The lowest BCUT2D eigenvalue weighted by Crippen LogP contribution is -2.37. The zero-order valence-electron chi connectivity index (χ0n) is 14.2. The smallest absolute Gasteiger partial charge is 0.261 e. The van der Waals surface area contributed by atoms with E-state index in [1.54, 1.807) is 18.3 Å². The van der Waals surface area contributed by atoms with Crippen LogP contribution in [0.5, 0.6) is 0 Å². The quantitative estimate of drug-likeness (QED) is 0.639. The molecule has 2 aromatic heterocycles. The van der Waals surface area contributed by atoms with Crippen LogP contribution in [0.1, 0.15) is 21.1 Å². The number of carbonyl (C=O) groups is 2. The molecule has 3 rings (SSSR count). The summed E-state index contributed by atoms with van der Waals surface area (Å²) in [7, 11) is 0. The average Bonchev–Trinajstić information content (AvgIpc) is 3.33. The zero-order chi connectivity index (χ0) is 18.2. The van der Waals surface area contributed by atoms with Crippen LogP contribution in [0.15, 0.2) is 60.2 Å². The van der Waals surface area contributed by atoms with Crippen LogP contribution in [0.2, 0.25) is 0 Å². The maximum Gasteiger partial charge on any atom is 0.261 e. The van der Waals surface area contributed by atoms with Gasteiger partial charge in [-0.3, -0.25) is 9.59 Å². The molecule has 0 radical (unpaired) electrons. The van der Waals surface area contributed by atoms with Crippen molar-refractivity contribution >= 4 is 23.2 Å². The Morgan fingerprint density at radius 3 is 2.69 bits per heavy atom. The SMILES string of the molecule is O=C(CNC(=O)c1cccs1)NCCc1nccn1Cc1ccccc1. The van der Waals surface area contributed by atoms with Crippen molar-refractivity contribution in [3.8, 4) is 0 Å². The molecule has 0 aliphatic rings. The second kappa shape index (κ2) is 8.96. The van der Waals surface area contributed by atoms with Crippen molar-refractivity contribution in [3.05, 3.63) is 76.5 Å². The predicted octanol–water partition coefficient (Wildman–Crippen LogP) is 2.08. The Kier molecular flexibility index (Phi) is 6.16. The van der Waals surface area contributed by atoms with Crippen LogP contribution in [0, 0.1) is 0 Å². The molecule has 0 fully saturated rings. The number of hydrogen-bond donors (Lipinski definition) is 2. The van der Waals surface area contributed by atoms with Gasteiger partial charge in [-0.05, 0) is 17.0 Å². The van der Waals surface area contributed by atoms with E-state index in [0.29, 0.717) is 17.8 Å². The Morgan fingerprint density at radius 2 is 1.92 bits per heavy atom. The summed E-state index contributed by atoms with van der Waals surface area (Å²) in [5, 5.41) is 7.25. The van der Waals surface area contributed by atoms with Gasteiger partial charge in [0, 0.05) is 31.9 Å². The first-order valence-electron chi connectivity index (χ1n) is 8.35. The van der Waals surface area contributed by atoms with Gasteiger partial charge < -0.3 is 15.2 Å². The van der Waals surface area contributed by atoms with Crippen LogP contribution in [0.4, 0.5) is 0 Å². The maximum atomic E-state index is 11.9. The lowest BCUT2D eigenvalue weighted by Gasteiger charge is -2.09. The molecule has 26 heavy (non-hydrogen) atoms. The first-order valence-corrected chi connectivity index (χ1v) is 9.22. The predicted molar refractivity (Wildman–Crippen MR) is 101 cm³/mol. The number of nitrogens with zero attached hydrogens (tertiary/aromatic N) is 2. The number of nitrogens with one attached hydrogen (secondary N) is 2. The van der Waals surface area contributed by atoms with Crippen molar-refractivity contribution in [1.29, 1.82) is 0 Å². The van der Waals surface area contributed by atoms with Gasteiger partial charge in [0.1, 0.15) is 5.82 Å². The molecule has 0 aliphatic carbocycles. The van der Waals surface area contributed by atoms with Gasteiger partial charge in [0.25, 0.3) is 5.91 Å². The Balaban J connectivity index is 1.41. The van der Waals surface area contributed by atoms with Crippen molar-refractivity contribution in [2.75, 3.05) is 13.1 Å². The summed E-state index contributed by atoms with van der Waals surface area (Å²) in [6.45, 7) is 1.19. The number of rotatable bonds is 8. The fourth-order valence-corrected chi connectivity index (χ4v) is 3.16. The van der Waals surface area contributed by atoms with Gasteiger partial charge in [0.15, 0.2) is 0 Å². The highest BCUT2D eigenvalue weighted by molar-refractivity contribution is 7.12. The standard InChI is InChI=1S/C19H20N4O2S/c24-18(13-22-19(25)16-7-4-12-26-16)21-9-8-17-20-10-11-23(17)14-15-5-2-1-3-6-15/h1-7,10-12H,8-9,13-14H2,(H,21,24)(H,22,25). The molecule has 0 aliphatic heterocycles. The third kappa shape index (κ3) is 5.03. The minimum atomic E-state index is -0.228. The molecule has 0 saturated heterocycles. The van der Waals surface area contributed by atoms with Gasteiger partial charge in [-0.2, -0.15) is 0 Å². The van der Waals surface area contributed by atoms with Gasteiger partial charge in [-0.25, -0.2) is 4.98 Å². The zero-order valence-corrected chi connectivity index (χ0v) is 15.0. The van der Waals surface area contributed by atoms with E-state index >= 15 is 0 Å². The molecular formula is C19H20N4O2S. The van der Waals surface area contributed by atoms with Gasteiger partial charge in [0.05, 0.1) is 11.4 Å². The maximum absolute atomic E-state index is 11.9. The number of benzene rings is 1. The lowest BCUT2D eigenvalue weighted by atomic mass is 10.2. The van der Waals surface area contributed by atoms with Crippen LogP contribution in [0.3, 0.4) is 0 Å². The van der Waals surface area contributed by atoms with E-state index < -0.39 is 0 Å². The average molecular weight is 368 g/mol. The van der Waals surface area contributed by atoms with Crippen molar-refractivity contribution in [2.45, 2.75) is 13.0 Å². The molecule has 3 aromatic rings. The van der Waals surface area contributed by atoms with Gasteiger partial charge >= 0.3 is 0 Å². The number of carbonyl (C=O) groups excluding carboxylic acids is 2. The molecule has 134 valence electrons. The molecule has 7 heteroatoms. The summed E-state index contributed by atoms with van der Waals surface area (Å²) in [5.74, 6) is 0.474. The molecule has 0 saturated carbocycles. The van der Waals surface area contributed by atoms with Crippen LogP contribution >= 0.6 is 11.3 Å². The van der Waals surface area contributed by atoms with Crippen molar-refractivity contribution in [1.82, 2.24) is 20.2 Å². The second-order valence-corrected chi connectivity index (χ2v) is 6.66. The Morgan fingerprint density at radius 1 is 1.08 bits per heavy atom. The number of amides is 2. The van der Waals surface area contributed by atoms with E-state index in [9.17, 15) is 9.59 Å². The number of hydrogen-bond acceptors (Lipinski definition) is 4. The third-order valence-electron chi connectivity index (χ3n) is 3.82. The molecule has 0 unspecified atom stereocenters. The van der Waals surface area contributed by atoms with E-state index in [-0.39, 0.29) is 18.4 Å². The Hall–Kier alpha value is -2.93. The third-order valence-corrected chi connectivity index (χ3v) is 4.69. The number of aromatic nitrogens is 2. The molecule has 0 atom stereocenters. The molecule has 0 spiro atoms. The largest absolute Gasteiger partial charge is 0.354 e. The topological polar surface area (TPSA) is 76.0 Å². The summed E-state index contributed by atoms with van der Waals surface area (Å²) in [6, 6.07) is 13.7. The summed E-state index contributed by atoms with van der Waals surface area (Å²) >= 11 is 1.35. The second-order valence-electron chi connectivity index (χ2n) is 5.72. The van der Waals surface area contributed by atoms with Crippen molar-refractivity contribution in [2.24, 2.45) is 0 Å². The van der Waals surface area contributed by atoms with Gasteiger partial charge in [-0.1, -0.05) is 36.4 Å². The van der Waals surface area contributed by atoms with E-state index in [1.807, 2.05) is 29.8 Å². The van der Waals surface area contributed by atoms with E-state index in [0.717, 1.165) is 12.4 Å². The van der Waals surface area contributed by atoms with E-state index in [2.05, 4.69) is 32.3 Å². The molecule has 2 N–H and O–H groups in total. The summed E-state index contributed by atoms with van der Waals surface area (Å²) in [4.78, 5) is 28.6. The monoisotopic (exact) mass is 368 g/mol. The molecular weight excluding hydrogens is 348 g/mol. The minimum absolute atomic E-state index is 0.0326. The molecule has 1 aromatic carbocycles. The summed E-state index contributed by atoms with van der Waals surface area (Å²) < 4.78 is 2.07. The van der Waals surface area contributed by atoms with Crippen LogP contribution < -0.4 is 10.6 Å². The first kappa shape index (κ1) is 17.9. The normalized spacial score (nSPS) is 10.5. The summed E-state index contributed by atoms with van der Waals surface area (Å²) in [6.07, 6.45) is 4.33. The highest BCUT2D eigenvalue weighted by Gasteiger charge is 2.09. The first-order chi connectivity index (χ1) is 12.7. The van der Waals surface area contributed by atoms with Gasteiger partial charge in [-0.15, -0.1) is 11.3 Å². The van der Waals surface area contributed by atoms with E-state index in [1.165, 1.54) is 16.9 Å². The molecule has 2 heterocycles. The number of imidazole rings is 1. The van der Waals surface area contributed by atoms with Crippen molar-refractivity contribution < 1.29 is 9.59 Å². The van der Waals surface area contributed by atoms with E-state index in [4.69, 9.17) is 0 Å². The highest BCUT2D eigenvalue weighted by Crippen LogP contribution is 2.07. The van der Waals surface area contributed by atoms with Gasteiger partial charge in [0.2, 0.25) is 5.91 Å². The Labute approximate surface area is 155 Å². The lowest BCUT2D eigenvalue weighted by molar-refractivity contribution is -0.120. The van der Waals surface area contributed by atoms with Crippen LogP contribution in [0.25, 0.3) is 0 Å². The number of thiophene rings is 1. The van der Waals surface area contributed by atoms with Crippen LogP contribution in [-0.2, 0) is 17.8 Å². The molecule has 0 bridgehead atoms. The molecule has 6 nitrogen and oxygen atoms in total.